The highest BCUT2D eigenvalue weighted by Crippen LogP contribution is 2.31. The second-order valence-corrected chi connectivity index (χ2v) is 6.27. The predicted octanol–water partition coefficient (Wildman–Crippen LogP) is 4.33. The molecule has 1 heterocycles. The molecule has 0 fully saturated rings. The van der Waals surface area contributed by atoms with E-state index in [9.17, 15) is 4.79 Å². The minimum absolute atomic E-state index is 0.0775. The van der Waals surface area contributed by atoms with Crippen molar-refractivity contribution < 1.29 is 14.3 Å². The van der Waals surface area contributed by atoms with Crippen molar-refractivity contribution in [1.82, 2.24) is 4.98 Å². The molecule has 0 unspecified atom stereocenters. The Labute approximate surface area is 164 Å². The van der Waals surface area contributed by atoms with Crippen LogP contribution >= 0.6 is 0 Å². The number of methoxy groups -OCH3 is 2. The molecule has 0 atom stereocenters. The Morgan fingerprint density at radius 1 is 1.04 bits per heavy atom. The number of aryl methyl sites for hydroxylation is 1. The topological polar surface area (TPSA) is 72.5 Å². The molecular formula is C22H23N3O3. The summed E-state index contributed by atoms with van der Waals surface area (Å²) < 4.78 is 10.6. The van der Waals surface area contributed by atoms with Gasteiger partial charge in [-0.3, -0.25) is 4.79 Å². The number of hydrogen-bond donors (Lipinski definition) is 2. The molecule has 0 radical (unpaired) electrons. The molecule has 0 aliphatic rings. The quantitative estimate of drug-likeness (QED) is 0.641. The third-order valence-electron chi connectivity index (χ3n) is 4.33. The van der Waals surface area contributed by atoms with Gasteiger partial charge in [0.15, 0.2) is 0 Å². The lowest BCUT2D eigenvalue weighted by Crippen LogP contribution is -2.15. The van der Waals surface area contributed by atoms with Crippen molar-refractivity contribution in [2.75, 3.05) is 24.9 Å². The number of benzene rings is 2. The first-order valence-electron chi connectivity index (χ1n) is 8.88. The molecule has 0 bridgehead atoms. The largest absolute Gasteiger partial charge is 0.497 e. The number of hydrogen-bond acceptors (Lipinski definition) is 5. The van der Waals surface area contributed by atoms with Crippen LogP contribution in [0, 0.1) is 6.92 Å². The van der Waals surface area contributed by atoms with Crippen molar-refractivity contribution in [2.24, 2.45) is 0 Å². The summed E-state index contributed by atoms with van der Waals surface area (Å²) in [6, 6.07) is 16.9. The first kappa shape index (κ1) is 19.2. The lowest BCUT2D eigenvalue weighted by atomic mass is 10.1. The van der Waals surface area contributed by atoms with Gasteiger partial charge in [-0.05, 0) is 42.3 Å². The zero-order chi connectivity index (χ0) is 19.9. The maximum Gasteiger partial charge on any atom is 0.228 e. The van der Waals surface area contributed by atoms with Gasteiger partial charge in [0.2, 0.25) is 5.91 Å². The fourth-order valence-corrected chi connectivity index (χ4v) is 2.78. The third-order valence-corrected chi connectivity index (χ3v) is 4.33. The van der Waals surface area contributed by atoms with Crippen LogP contribution in [-0.4, -0.2) is 25.1 Å². The number of nitrogens with one attached hydrogen (secondary N) is 2. The number of aromatic nitrogens is 1. The summed E-state index contributed by atoms with van der Waals surface area (Å²) in [5, 5.41) is 6.07. The van der Waals surface area contributed by atoms with Gasteiger partial charge < -0.3 is 20.1 Å². The number of carbonyl (C=O) groups excluding carboxylic acids is 1. The minimum Gasteiger partial charge on any atom is -0.497 e. The van der Waals surface area contributed by atoms with Gasteiger partial charge in [0, 0.05) is 6.07 Å². The van der Waals surface area contributed by atoms with E-state index in [1.54, 1.807) is 32.5 Å². The molecule has 6 heteroatoms. The summed E-state index contributed by atoms with van der Waals surface area (Å²) in [4.78, 5) is 16.6. The second-order valence-electron chi connectivity index (χ2n) is 6.27. The SMILES string of the molecule is COc1ccc(OC)c(Nc2ccc(NC(=O)Cc3ccccc3C)cn2)c1. The summed E-state index contributed by atoms with van der Waals surface area (Å²) in [6.07, 6.45) is 1.94. The van der Waals surface area contributed by atoms with E-state index in [-0.39, 0.29) is 5.91 Å². The van der Waals surface area contributed by atoms with Crippen LogP contribution in [0.15, 0.2) is 60.8 Å². The monoisotopic (exact) mass is 377 g/mol. The van der Waals surface area contributed by atoms with E-state index in [4.69, 9.17) is 9.47 Å². The molecule has 28 heavy (non-hydrogen) atoms. The molecule has 1 aromatic heterocycles. The van der Waals surface area contributed by atoms with Gasteiger partial charge in [0.05, 0.1) is 38.2 Å². The smallest absolute Gasteiger partial charge is 0.228 e. The van der Waals surface area contributed by atoms with Gasteiger partial charge in [-0.2, -0.15) is 0 Å². The molecule has 2 N–H and O–H groups in total. The van der Waals surface area contributed by atoms with Crippen molar-refractivity contribution in [3.63, 3.8) is 0 Å². The fraction of sp³-hybridized carbons (Fsp3) is 0.182. The van der Waals surface area contributed by atoms with Gasteiger partial charge in [-0.15, -0.1) is 0 Å². The fourth-order valence-electron chi connectivity index (χ4n) is 2.78. The van der Waals surface area contributed by atoms with E-state index in [1.807, 2.05) is 49.4 Å². The molecule has 0 saturated heterocycles. The molecule has 1 amide bonds. The molecule has 0 saturated carbocycles. The molecular weight excluding hydrogens is 354 g/mol. The van der Waals surface area contributed by atoms with E-state index in [0.29, 0.717) is 29.4 Å². The predicted molar refractivity (Wildman–Crippen MR) is 111 cm³/mol. The molecule has 6 nitrogen and oxygen atoms in total. The summed E-state index contributed by atoms with van der Waals surface area (Å²) in [5.74, 6) is 1.94. The van der Waals surface area contributed by atoms with E-state index in [1.165, 1.54) is 0 Å². The zero-order valence-corrected chi connectivity index (χ0v) is 16.2. The van der Waals surface area contributed by atoms with Crippen LogP contribution in [0.3, 0.4) is 0 Å². The number of pyridine rings is 1. The van der Waals surface area contributed by atoms with Gasteiger partial charge in [-0.25, -0.2) is 4.98 Å². The van der Waals surface area contributed by atoms with Crippen molar-refractivity contribution >= 4 is 23.1 Å². The van der Waals surface area contributed by atoms with Crippen molar-refractivity contribution in [1.29, 1.82) is 0 Å². The average molecular weight is 377 g/mol. The first-order valence-corrected chi connectivity index (χ1v) is 8.88. The average Bonchev–Trinajstić information content (AvgIpc) is 2.71. The molecule has 0 aliphatic heterocycles. The van der Waals surface area contributed by atoms with Gasteiger partial charge >= 0.3 is 0 Å². The summed E-state index contributed by atoms with van der Waals surface area (Å²) in [6.45, 7) is 2.00. The summed E-state index contributed by atoms with van der Waals surface area (Å²) in [5.41, 5.74) is 3.49. The van der Waals surface area contributed by atoms with Crippen molar-refractivity contribution in [2.45, 2.75) is 13.3 Å². The number of ether oxygens (including phenoxy) is 2. The Hall–Kier alpha value is -3.54. The normalized spacial score (nSPS) is 10.2. The number of rotatable bonds is 7. The minimum atomic E-state index is -0.0775. The van der Waals surface area contributed by atoms with E-state index < -0.39 is 0 Å². The number of carbonyl (C=O) groups is 1. The molecule has 0 aliphatic carbocycles. The van der Waals surface area contributed by atoms with Gasteiger partial charge in [-0.1, -0.05) is 24.3 Å². The van der Waals surface area contributed by atoms with E-state index in [2.05, 4.69) is 15.6 Å². The van der Waals surface area contributed by atoms with E-state index >= 15 is 0 Å². The molecule has 2 aromatic carbocycles. The Balaban J connectivity index is 1.65. The number of anilines is 3. The van der Waals surface area contributed by atoms with Crippen LogP contribution in [0.25, 0.3) is 0 Å². The Kier molecular flexibility index (Phi) is 6.11. The summed E-state index contributed by atoms with van der Waals surface area (Å²) in [7, 11) is 3.21. The van der Waals surface area contributed by atoms with Crippen molar-refractivity contribution in [3.05, 3.63) is 71.9 Å². The van der Waals surface area contributed by atoms with Crippen LogP contribution in [0.4, 0.5) is 17.2 Å². The Bertz CT molecular complexity index is 955. The highest BCUT2D eigenvalue weighted by Gasteiger charge is 2.08. The lowest BCUT2D eigenvalue weighted by Gasteiger charge is -2.12. The van der Waals surface area contributed by atoms with Gasteiger partial charge in [0.1, 0.15) is 17.3 Å². The third kappa shape index (κ3) is 4.79. The maximum absolute atomic E-state index is 12.3. The molecule has 144 valence electrons. The Morgan fingerprint density at radius 3 is 2.54 bits per heavy atom. The molecule has 3 rings (SSSR count). The Morgan fingerprint density at radius 2 is 1.86 bits per heavy atom. The number of amides is 1. The highest BCUT2D eigenvalue weighted by molar-refractivity contribution is 5.92. The molecule has 3 aromatic rings. The maximum atomic E-state index is 12.3. The summed E-state index contributed by atoms with van der Waals surface area (Å²) >= 11 is 0. The van der Waals surface area contributed by atoms with Crippen molar-refractivity contribution in [3.8, 4) is 11.5 Å². The van der Waals surface area contributed by atoms with Crippen LogP contribution in [0.2, 0.25) is 0 Å². The zero-order valence-electron chi connectivity index (χ0n) is 16.2. The van der Waals surface area contributed by atoms with Crippen LogP contribution in [-0.2, 0) is 11.2 Å². The van der Waals surface area contributed by atoms with Crippen LogP contribution < -0.4 is 20.1 Å². The van der Waals surface area contributed by atoms with Crippen LogP contribution in [0.5, 0.6) is 11.5 Å². The standard InChI is InChI=1S/C22H23N3O3/c1-15-6-4-5-7-16(15)12-22(26)24-17-8-11-21(23-14-17)25-19-13-18(27-2)9-10-20(19)28-3/h4-11,13-14H,12H2,1-3H3,(H,23,25)(H,24,26). The second kappa shape index (κ2) is 8.90. The van der Waals surface area contributed by atoms with E-state index in [0.717, 1.165) is 16.8 Å². The van der Waals surface area contributed by atoms with Crippen LogP contribution in [0.1, 0.15) is 11.1 Å². The highest BCUT2D eigenvalue weighted by atomic mass is 16.5. The number of nitrogens with zero attached hydrogens (tertiary/aromatic N) is 1. The molecule has 0 spiro atoms. The lowest BCUT2D eigenvalue weighted by molar-refractivity contribution is -0.115. The first-order chi connectivity index (χ1) is 13.6. The van der Waals surface area contributed by atoms with Gasteiger partial charge in [0.25, 0.3) is 0 Å².